The SMILES string of the molecule is CC.CC.CC.CC.CC.CC.CC.CC.CC.CC.CC.CC.CCC(CC)COC(=O)c1ccc(-c2ccc(-c3ccc(C)cc3)cc2)cc1.CCOC(=O)c1cc(-c2ccc(-c3ccc(C)cc3)cc2)ccc1CC.CCOC(=O)c1ccc(-c2ccc(-c3cc(C)cc(C)c3)cc2)cc1CP.CCOC(=O)c1ccc(-c2ccc(-c3ccc(P)c(C)c3)cc2)cc1CP. The third kappa shape index (κ3) is 44.1. The Morgan fingerprint density at radius 1 is 0.242 bits per heavy atom. The predicted molar refractivity (Wildman–Crippen MR) is 597 cm³/mol. The normalized spacial score (nSPS) is 9.30. The monoisotopic (exact) mass is 1850 g/mol. The molecule has 12 rings (SSSR count). The van der Waals surface area contributed by atoms with Gasteiger partial charge < -0.3 is 18.9 Å². The molecule has 0 saturated carbocycles. The highest BCUT2D eigenvalue weighted by molar-refractivity contribution is 7.27. The number of aryl methyl sites for hydroxylation is 6. The van der Waals surface area contributed by atoms with Crippen LogP contribution in [0, 0.1) is 40.5 Å². The van der Waals surface area contributed by atoms with Gasteiger partial charge in [-0.1, -0.05) is 440 Å². The summed E-state index contributed by atoms with van der Waals surface area (Å²) in [5.41, 5.74) is 30.3. The topological polar surface area (TPSA) is 105 Å². The third-order valence-corrected chi connectivity index (χ3v) is 20.7. The average molecular weight is 1850 g/mol. The highest BCUT2D eigenvalue weighted by Crippen LogP contribution is 2.34. The van der Waals surface area contributed by atoms with Gasteiger partial charge in [0.2, 0.25) is 0 Å². The van der Waals surface area contributed by atoms with Crippen LogP contribution in [0.15, 0.2) is 261 Å². The van der Waals surface area contributed by atoms with E-state index in [2.05, 4.69) is 276 Å². The number of rotatable bonds is 22. The first-order valence-electron chi connectivity index (χ1n) is 49.4. The van der Waals surface area contributed by atoms with Crippen LogP contribution in [-0.4, -0.2) is 50.3 Å². The molecule has 0 heterocycles. The number of benzene rings is 12. The van der Waals surface area contributed by atoms with Crippen molar-refractivity contribution in [1.82, 2.24) is 0 Å². The molecular weight excluding hydrogens is 1670 g/mol. The van der Waals surface area contributed by atoms with Crippen molar-refractivity contribution in [3.8, 4) is 89.0 Å². The molecule has 0 aliphatic heterocycles. The Kier molecular flexibility index (Phi) is 77.0. The van der Waals surface area contributed by atoms with E-state index in [1.54, 1.807) is 0 Å². The van der Waals surface area contributed by atoms with Crippen LogP contribution in [0.1, 0.15) is 306 Å². The third-order valence-electron chi connectivity index (χ3n) is 19.2. The second-order valence-corrected chi connectivity index (χ2v) is 28.3. The second-order valence-electron chi connectivity index (χ2n) is 26.9. The molecule has 8 nitrogen and oxygen atoms in total. The molecule has 0 aromatic heterocycles. The summed E-state index contributed by atoms with van der Waals surface area (Å²) in [4.78, 5) is 48.7. The van der Waals surface area contributed by atoms with Gasteiger partial charge in [-0.15, -0.1) is 27.7 Å². The molecule has 11 heteroatoms. The molecule has 12 aromatic carbocycles. The number of hydrogen-bond acceptors (Lipinski definition) is 8. The van der Waals surface area contributed by atoms with E-state index in [9.17, 15) is 19.2 Å². The first kappa shape index (κ1) is 128. The Bertz CT molecular complexity index is 4950. The smallest absolute Gasteiger partial charge is 0.338 e. The number of ether oxygens (including phenoxy) is 4. The van der Waals surface area contributed by atoms with Gasteiger partial charge in [0.1, 0.15) is 0 Å². The van der Waals surface area contributed by atoms with Gasteiger partial charge in [-0.3, -0.25) is 0 Å². The van der Waals surface area contributed by atoms with Crippen LogP contribution in [-0.2, 0) is 37.7 Å². The molecule has 720 valence electrons. The first-order valence-corrected chi connectivity index (χ1v) is 51.6. The van der Waals surface area contributed by atoms with Gasteiger partial charge in [0.05, 0.1) is 48.7 Å². The summed E-state index contributed by atoms with van der Waals surface area (Å²) in [5.74, 6) is -0.567. The van der Waals surface area contributed by atoms with Crippen LogP contribution in [0.5, 0.6) is 0 Å². The summed E-state index contributed by atoms with van der Waals surface area (Å²) >= 11 is 0. The Balaban J connectivity index is -0.000000766. The quantitative estimate of drug-likeness (QED) is 0.0375. The molecule has 0 aliphatic rings. The molecule has 0 N–H and O–H groups in total. The van der Waals surface area contributed by atoms with E-state index in [1.807, 2.05) is 255 Å². The van der Waals surface area contributed by atoms with Crippen LogP contribution in [0.2, 0.25) is 0 Å². The van der Waals surface area contributed by atoms with E-state index in [0.29, 0.717) is 66.9 Å². The van der Waals surface area contributed by atoms with Crippen molar-refractivity contribution in [2.75, 3.05) is 26.4 Å². The lowest BCUT2D eigenvalue weighted by Gasteiger charge is -2.12. The van der Waals surface area contributed by atoms with Crippen molar-refractivity contribution >= 4 is 56.9 Å². The standard InChI is InChI=1S/C26H28O2.C24H25O2P.C24H24O2.C23H24O2P2.12C2H6/c1-4-20(5-2)18-28-26(27)25-16-14-24(15-17-25)23-12-10-22(11-13-23)21-8-6-19(3)7-9-21;1-4-26-24(25)23-10-9-20(14-22(23)15-27)18-5-7-19(8-6-18)21-12-16(2)11-17(3)13-21;1-4-18-10-15-22(16-23(18)24(25)26-5-2)21-13-11-20(12-14-21)19-8-6-17(3)7-9-19;1-3-25-23(24)21-10-8-19(13-20(21)14-26)17-6-4-16(5-7-17)18-9-11-22(27)15(2)12-18;12*1-2/h6-17,20H,4-5,18H2,1-3H3;5-14H,4,15,27H2,1-3H3;6-16H,4-5H2,1-3H3;4-13H,3,14,26-27H2,1-2H3;12*1-2H3. The lowest BCUT2D eigenvalue weighted by atomic mass is 9.96. The van der Waals surface area contributed by atoms with Crippen LogP contribution in [0.4, 0.5) is 0 Å². The van der Waals surface area contributed by atoms with Crippen LogP contribution in [0.3, 0.4) is 0 Å². The van der Waals surface area contributed by atoms with Crippen molar-refractivity contribution in [3.05, 3.63) is 328 Å². The highest BCUT2D eigenvalue weighted by atomic mass is 31.0. The van der Waals surface area contributed by atoms with E-state index < -0.39 is 0 Å². The van der Waals surface area contributed by atoms with E-state index >= 15 is 0 Å². The molecule has 0 aliphatic carbocycles. The van der Waals surface area contributed by atoms with Gasteiger partial charge in [-0.25, -0.2) is 19.2 Å². The molecule has 12 aromatic rings. The Morgan fingerprint density at radius 2 is 0.492 bits per heavy atom. The number of carbonyl (C=O) groups is 4. The fourth-order valence-corrected chi connectivity index (χ4v) is 13.5. The maximum Gasteiger partial charge on any atom is 0.338 e. The van der Waals surface area contributed by atoms with Crippen molar-refractivity contribution in [2.45, 2.75) is 274 Å². The minimum absolute atomic E-state index is 0.242. The minimum Gasteiger partial charge on any atom is -0.462 e. The summed E-state index contributed by atoms with van der Waals surface area (Å²) in [6, 6.07) is 89.8. The molecule has 0 bridgehead atoms. The molecule has 0 spiro atoms. The van der Waals surface area contributed by atoms with Gasteiger partial charge in [-0.05, 0) is 239 Å². The summed E-state index contributed by atoms with van der Waals surface area (Å²) in [6.45, 7) is 72.0. The first-order chi connectivity index (χ1) is 64.3. The van der Waals surface area contributed by atoms with E-state index in [0.717, 1.165) is 80.5 Å². The predicted octanol–water partition coefficient (Wildman–Crippen LogP) is 36.9. The summed E-state index contributed by atoms with van der Waals surface area (Å²) < 4.78 is 21.0. The number of esters is 4. The van der Waals surface area contributed by atoms with E-state index in [1.165, 1.54) is 77.6 Å². The van der Waals surface area contributed by atoms with Crippen LogP contribution >= 0.6 is 27.7 Å². The molecule has 132 heavy (non-hydrogen) atoms. The zero-order valence-electron chi connectivity index (χ0n) is 88.3. The molecule has 0 saturated heterocycles. The number of hydrogen-bond donors (Lipinski definition) is 0. The van der Waals surface area contributed by atoms with Crippen molar-refractivity contribution < 1.29 is 38.1 Å². The second kappa shape index (κ2) is 79.4. The van der Waals surface area contributed by atoms with Crippen molar-refractivity contribution in [2.24, 2.45) is 5.92 Å². The van der Waals surface area contributed by atoms with Gasteiger partial charge in [0, 0.05) is 0 Å². The zero-order valence-corrected chi connectivity index (χ0v) is 91.7. The van der Waals surface area contributed by atoms with Gasteiger partial charge in [-0.2, -0.15) is 0 Å². The largest absolute Gasteiger partial charge is 0.462 e. The summed E-state index contributed by atoms with van der Waals surface area (Å²) in [5, 5.41) is 1.22. The minimum atomic E-state index is -0.259. The van der Waals surface area contributed by atoms with Gasteiger partial charge in [0.15, 0.2) is 0 Å². The zero-order chi connectivity index (χ0) is 101. The molecule has 0 amide bonds. The van der Waals surface area contributed by atoms with E-state index in [4.69, 9.17) is 18.9 Å². The van der Waals surface area contributed by atoms with E-state index in [-0.39, 0.29) is 23.9 Å². The molecule has 0 radical (unpaired) electrons. The molecule has 0 fully saturated rings. The van der Waals surface area contributed by atoms with Gasteiger partial charge >= 0.3 is 23.9 Å². The van der Waals surface area contributed by atoms with Crippen LogP contribution in [0.25, 0.3) is 89.0 Å². The summed E-state index contributed by atoms with van der Waals surface area (Å²) in [6.07, 6.45) is 4.28. The van der Waals surface area contributed by atoms with Gasteiger partial charge in [0.25, 0.3) is 0 Å². The Labute approximate surface area is 812 Å². The fourth-order valence-electron chi connectivity index (χ4n) is 12.7. The molecule has 3 atom stereocenters. The average Bonchev–Trinajstić information content (AvgIpc) is 0.703. The maximum atomic E-state index is 12.3. The lowest BCUT2D eigenvalue weighted by Crippen LogP contribution is -2.13. The number of carbonyl (C=O) groups excluding carboxylic acids is 4. The fraction of sp³-hybridized carbons (Fsp3) is 0.372. The summed E-state index contributed by atoms with van der Waals surface area (Å²) in [7, 11) is 8.14. The Morgan fingerprint density at radius 3 is 0.780 bits per heavy atom. The highest BCUT2D eigenvalue weighted by Gasteiger charge is 2.18. The lowest BCUT2D eigenvalue weighted by molar-refractivity contribution is 0.0431. The maximum absolute atomic E-state index is 12.3. The van der Waals surface area contributed by atoms with Crippen LogP contribution < -0.4 is 5.30 Å². The van der Waals surface area contributed by atoms with Crippen molar-refractivity contribution in [3.63, 3.8) is 0 Å². The molecular formula is C121H173O8P3. The Hall–Kier alpha value is -10.2. The van der Waals surface area contributed by atoms with Crippen molar-refractivity contribution in [1.29, 1.82) is 0 Å². The molecule has 3 unspecified atom stereocenters.